The summed E-state index contributed by atoms with van der Waals surface area (Å²) in [6, 6.07) is 0. The van der Waals surface area contributed by atoms with Gasteiger partial charge in [0.25, 0.3) is 0 Å². The Bertz CT molecular complexity index is 166. The molecule has 0 aliphatic heterocycles. The van der Waals surface area contributed by atoms with Crippen LogP contribution in [-0.2, 0) is 0 Å². The maximum absolute atomic E-state index is 4.43. The van der Waals surface area contributed by atoms with Crippen molar-refractivity contribution in [3.63, 3.8) is 0 Å². The number of hydrogen-bond donors (Lipinski definition) is 0. The third-order valence-corrected chi connectivity index (χ3v) is 14.3. The standard InChI is InChI=1S/C16H36BrP.Br2/c1-5-9-13-18(17,14-10-6-2,15-11-7-3)16-12-8-4;1-2/h5-16H2,1-4H3;. The van der Waals surface area contributed by atoms with Crippen LogP contribution < -0.4 is 0 Å². The molecule has 0 saturated carbocycles. The van der Waals surface area contributed by atoms with Crippen LogP contribution in [0.3, 0.4) is 0 Å². The molecule has 0 N–H and O–H groups in total. The Morgan fingerprint density at radius 2 is 0.750 bits per heavy atom. The molecule has 0 unspecified atom stereocenters. The second kappa shape index (κ2) is 14.5. The van der Waals surface area contributed by atoms with Gasteiger partial charge >= 0.3 is 125 Å². The minimum absolute atomic E-state index is 1.36. The van der Waals surface area contributed by atoms with Gasteiger partial charge in [-0.25, -0.2) is 0 Å². The second-order valence-electron chi connectivity index (χ2n) is 6.13. The zero-order chi connectivity index (χ0) is 15.9. The van der Waals surface area contributed by atoms with Crippen molar-refractivity contribution in [1.82, 2.24) is 0 Å². The van der Waals surface area contributed by atoms with E-state index in [0.29, 0.717) is 0 Å². The molecule has 0 nitrogen and oxygen atoms in total. The van der Waals surface area contributed by atoms with Crippen LogP contribution in [0.1, 0.15) is 79.1 Å². The predicted molar refractivity (Wildman–Crippen MR) is 113 cm³/mol. The summed E-state index contributed by atoms with van der Waals surface area (Å²) in [5.41, 5.74) is 0. The fourth-order valence-electron chi connectivity index (χ4n) is 2.88. The number of rotatable bonds is 12. The first kappa shape index (κ1) is 24.1. The minimum atomic E-state index is -1.55. The molecule has 20 heavy (non-hydrogen) atoms. The first-order chi connectivity index (χ1) is 9.54. The molecule has 126 valence electrons. The third kappa shape index (κ3) is 10.6. The molecule has 0 fully saturated rings. The molecule has 0 aromatic rings. The van der Waals surface area contributed by atoms with Crippen molar-refractivity contribution < 1.29 is 0 Å². The van der Waals surface area contributed by atoms with E-state index >= 15 is 0 Å². The van der Waals surface area contributed by atoms with E-state index in [2.05, 4.69) is 71.4 Å². The Kier molecular flexibility index (Phi) is 17.4. The van der Waals surface area contributed by atoms with Crippen LogP contribution >= 0.6 is 49.1 Å². The number of unbranched alkanes of at least 4 members (excludes halogenated alkanes) is 4. The molecule has 0 bridgehead atoms. The van der Waals surface area contributed by atoms with E-state index in [4.69, 9.17) is 0 Å². The maximum atomic E-state index is 4.43. The SMILES string of the molecule is BrBr.CCCCP(Br)(CCCC)(CCCC)CCCC. The molecule has 0 aromatic heterocycles. The van der Waals surface area contributed by atoms with Gasteiger partial charge < -0.3 is 0 Å². The van der Waals surface area contributed by atoms with Gasteiger partial charge in [-0.05, 0) is 0 Å². The zero-order valence-electron chi connectivity index (χ0n) is 14.1. The number of halogens is 3. The Hall–Kier alpha value is 1.87. The van der Waals surface area contributed by atoms with Gasteiger partial charge in [0.1, 0.15) is 0 Å². The van der Waals surface area contributed by atoms with Gasteiger partial charge in [0.05, 0.1) is 0 Å². The summed E-state index contributed by atoms with van der Waals surface area (Å²) in [5, 5.41) is -1.55. The second-order valence-corrected chi connectivity index (χ2v) is 17.6. The Morgan fingerprint density at radius 3 is 0.900 bits per heavy atom. The van der Waals surface area contributed by atoms with Crippen LogP contribution in [0.2, 0.25) is 0 Å². The van der Waals surface area contributed by atoms with Crippen molar-refractivity contribution in [3.05, 3.63) is 0 Å². The summed E-state index contributed by atoms with van der Waals surface area (Å²) in [6.07, 6.45) is 17.2. The summed E-state index contributed by atoms with van der Waals surface area (Å²) < 4.78 is 0. The van der Waals surface area contributed by atoms with E-state index in [1.54, 1.807) is 0 Å². The van der Waals surface area contributed by atoms with Gasteiger partial charge in [0.15, 0.2) is 0 Å². The van der Waals surface area contributed by atoms with E-state index in [9.17, 15) is 0 Å². The monoisotopic (exact) mass is 496 g/mol. The third-order valence-electron chi connectivity index (χ3n) is 4.28. The average Bonchev–Trinajstić information content (AvgIpc) is 2.50. The molecular formula is C16H36Br3P. The van der Waals surface area contributed by atoms with Crippen molar-refractivity contribution in [2.24, 2.45) is 0 Å². The van der Waals surface area contributed by atoms with Crippen LogP contribution in [0.5, 0.6) is 0 Å². The normalized spacial score (nSPS) is 13.2. The van der Waals surface area contributed by atoms with Crippen LogP contribution in [-0.4, -0.2) is 24.6 Å². The first-order valence-corrected chi connectivity index (χ1v) is 17.1. The van der Waals surface area contributed by atoms with Gasteiger partial charge in [-0.2, -0.15) is 0 Å². The van der Waals surface area contributed by atoms with Gasteiger partial charge in [0.2, 0.25) is 0 Å². The van der Waals surface area contributed by atoms with Gasteiger partial charge in [-0.1, -0.05) is 0 Å². The van der Waals surface area contributed by atoms with Crippen LogP contribution in [0.15, 0.2) is 0 Å². The van der Waals surface area contributed by atoms with Crippen LogP contribution in [0.25, 0.3) is 0 Å². The average molecular weight is 499 g/mol. The van der Waals surface area contributed by atoms with Crippen molar-refractivity contribution in [2.45, 2.75) is 79.1 Å². The Balaban J connectivity index is 0. The number of hydrogen-bond acceptors (Lipinski definition) is 0. The van der Waals surface area contributed by atoms with E-state index in [-0.39, 0.29) is 0 Å². The summed E-state index contributed by atoms with van der Waals surface area (Å²) >= 11 is 9.93. The molecule has 0 spiro atoms. The van der Waals surface area contributed by atoms with E-state index in [1.165, 1.54) is 76.0 Å². The van der Waals surface area contributed by atoms with Gasteiger partial charge in [0, 0.05) is 28.3 Å². The molecule has 0 atom stereocenters. The summed E-state index contributed by atoms with van der Waals surface area (Å²) in [7, 11) is 0. The summed E-state index contributed by atoms with van der Waals surface area (Å²) in [6.45, 7) is 9.36. The fourth-order valence-corrected chi connectivity index (χ4v) is 11.7. The Morgan fingerprint density at radius 1 is 0.550 bits per heavy atom. The first-order valence-electron chi connectivity index (χ1n) is 8.41. The zero-order valence-corrected chi connectivity index (χ0v) is 19.7. The van der Waals surface area contributed by atoms with Crippen molar-refractivity contribution in [2.75, 3.05) is 24.6 Å². The fraction of sp³-hybridized carbons (Fsp3) is 1.00. The van der Waals surface area contributed by atoms with Gasteiger partial charge in [-0.15, -0.1) is 0 Å². The van der Waals surface area contributed by atoms with Crippen molar-refractivity contribution in [1.29, 1.82) is 0 Å². The molecule has 0 amide bonds. The molecule has 0 aliphatic carbocycles. The Labute approximate surface area is 152 Å². The van der Waals surface area contributed by atoms with Gasteiger partial charge in [-0.3, -0.25) is 0 Å². The van der Waals surface area contributed by atoms with E-state index < -0.39 is 5.31 Å². The molecule has 0 radical (unpaired) electrons. The predicted octanol–water partition coefficient (Wildman–Crippen LogP) is 8.74. The van der Waals surface area contributed by atoms with Crippen molar-refractivity contribution in [3.8, 4) is 0 Å². The molecular weight excluding hydrogens is 463 g/mol. The molecule has 4 heteroatoms. The summed E-state index contributed by atoms with van der Waals surface area (Å²) in [4.78, 5) is 0. The summed E-state index contributed by atoms with van der Waals surface area (Å²) in [5.74, 6) is 0. The van der Waals surface area contributed by atoms with Crippen LogP contribution in [0.4, 0.5) is 0 Å². The van der Waals surface area contributed by atoms with E-state index in [1.807, 2.05) is 0 Å². The topological polar surface area (TPSA) is 0 Å². The van der Waals surface area contributed by atoms with Crippen molar-refractivity contribution >= 4 is 49.1 Å². The van der Waals surface area contributed by atoms with E-state index in [0.717, 1.165) is 0 Å². The molecule has 0 aliphatic rings. The molecule has 0 heterocycles. The quantitative estimate of drug-likeness (QED) is 0.236. The molecule has 0 saturated heterocycles. The van der Waals surface area contributed by atoms with Crippen LogP contribution in [0, 0.1) is 0 Å². The molecule has 0 aromatic carbocycles. The molecule has 0 rings (SSSR count).